The Balaban J connectivity index is 1.71. The summed E-state index contributed by atoms with van der Waals surface area (Å²) >= 11 is 3.59. The van der Waals surface area contributed by atoms with Crippen molar-refractivity contribution in [1.29, 1.82) is 0 Å². The van der Waals surface area contributed by atoms with Gasteiger partial charge in [-0.1, -0.05) is 35.0 Å². The van der Waals surface area contributed by atoms with Crippen LogP contribution in [0, 0.1) is 0 Å². The molecule has 3 heterocycles. The Morgan fingerprint density at radius 2 is 2.10 bits per heavy atom. The normalized spacial score (nSPS) is 29.5. The van der Waals surface area contributed by atoms with Crippen molar-refractivity contribution in [3.05, 3.63) is 34.3 Å². The van der Waals surface area contributed by atoms with Gasteiger partial charge in [0.1, 0.15) is 0 Å². The molecule has 116 valence electrons. The van der Waals surface area contributed by atoms with E-state index in [9.17, 15) is 0 Å². The molecule has 0 aromatic heterocycles. The Hall–Kier alpha value is -0.420. The van der Waals surface area contributed by atoms with E-state index < -0.39 is 0 Å². The zero-order chi connectivity index (χ0) is 14.7. The molecule has 3 aliphatic rings. The molecule has 0 spiro atoms. The van der Waals surface area contributed by atoms with Crippen molar-refractivity contribution in [2.24, 2.45) is 0 Å². The molecule has 2 bridgehead atoms. The Kier molecular flexibility index (Phi) is 5.33. The van der Waals surface area contributed by atoms with Crippen molar-refractivity contribution in [3.8, 4) is 0 Å². The fourth-order valence-corrected chi connectivity index (χ4v) is 4.08. The molecule has 2 unspecified atom stereocenters. The fourth-order valence-electron chi connectivity index (χ4n) is 3.63. The van der Waals surface area contributed by atoms with E-state index >= 15 is 0 Å². The van der Waals surface area contributed by atoms with Crippen molar-refractivity contribution >= 4 is 15.9 Å². The maximum absolute atomic E-state index is 3.81. The van der Waals surface area contributed by atoms with Gasteiger partial charge in [0, 0.05) is 49.3 Å². The predicted molar refractivity (Wildman–Crippen MR) is 91.7 cm³/mol. The van der Waals surface area contributed by atoms with Crippen LogP contribution < -0.4 is 5.32 Å². The lowest BCUT2D eigenvalue weighted by Crippen LogP contribution is -2.66. The Morgan fingerprint density at radius 1 is 1.29 bits per heavy atom. The zero-order valence-electron chi connectivity index (χ0n) is 12.9. The van der Waals surface area contributed by atoms with Crippen molar-refractivity contribution in [1.82, 2.24) is 15.1 Å². The summed E-state index contributed by atoms with van der Waals surface area (Å²) in [4.78, 5) is 5.33. The highest BCUT2D eigenvalue weighted by atomic mass is 79.9. The Morgan fingerprint density at radius 3 is 2.71 bits per heavy atom. The van der Waals surface area contributed by atoms with Crippen molar-refractivity contribution in [2.75, 3.05) is 39.3 Å². The lowest BCUT2D eigenvalue weighted by Gasteiger charge is -2.50. The average Bonchev–Trinajstić information content (AvgIpc) is 2.52. The molecule has 1 N–H and O–H groups in total. The maximum Gasteiger partial charge on any atom is 0.0380 e. The summed E-state index contributed by atoms with van der Waals surface area (Å²) in [6.45, 7) is 9.60. The topological polar surface area (TPSA) is 18.5 Å². The van der Waals surface area contributed by atoms with E-state index in [4.69, 9.17) is 0 Å². The Labute approximate surface area is 136 Å². The molecule has 3 fully saturated rings. The number of nitrogens with one attached hydrogen (secondary N) is 1. The lowest BCUT2D eigenvalue weighted by molar-refractivity contribution is -0.00309. The summed E-state index contributed by atoms with van der Waals surface area (Å²) in [6, 6.07) is 9.99. The van der Waals surface area contributed by atoms with Crippen LogP contribution >= 0.6 is 15.9 Å². The zero-order valence-corrected chi connectivity index (χ0v) is 14.5. The second-order valence-corrected chi connectivity index (χ2v) is 7.21. The lowest BCUT2D eigenvalue weighted by atomic mass is 9.94. The first-order valence-corrected chi connectivity index (χ1v) is 9.00. The van der Waals surface area contributed by atoms with Gasteiger partial charge in [-0.15, -0.1) is 0 Å². The number of halogens is 1. The van der Waals surface area contributed by atoms with Gasteiger partial charge in [-0.25, -0.2) is 0 Å². The largest absolute Gasteiger partial charge is 0.312 e. The van der Waals surface area contributed by atoms with Crippen LogP contribution in [0.2, 0.25) is 0 Å². The molecule has 0 saturated carbocycles. The van der Waals surface area contributed by atoms with Gasteiger partial charge in [0.05, 0.1) is 0 Å². The smallest absolute Gasteiger partial charge is 0.0380 e. The summed E-state index contributed by atoms with van der Waals surface area (Å²) in [5, 5.41) is 3.81. The molecule has 4 heteroatoms. The van der Waals surface area contributed by atoms with Gasteiger partial charge in [-0.3, -0.25) is 9.80 Å². The third kappa shape index (κ3) is 3.86. The van der Waals surface area contributed by atoms with Crippen LogP contribution in [-0.4, -0.2) is 61.2 Å². The number of hydrogen-bond acceptors (Lipinski definition) is 3. The van der Waals surface area contributed by atoms with Crippen LogP contribution in [0.3, 0.4) is 0 Å². The predicted octanol–water partition coefficient (Wildman–Crippen LogP) is 2.36. The molecule has 4 rings (SSSR count). The van der Waals surface area contributed by atoms with Gasteiger partial charge in [-0.05, 0) is 37.1 Å². The third-order valence-corrected chi connectivity index (χ3v) is 5.28. The van der Waals surface area contributed by atoms with E-state index in [1.54, 1.807) is 0 Å². The van der Waals surface area contributed by atoms with E-state index in [2.05, 4.69) is 62.2 Å². The third-order valence-electron chi connectivity index (χ3n) is 4.79. The van der Waals surface area contributed by atoms with Gasteiger partial charge in [0.2, 0.25) is 0 Å². The van der Waals surface area contributed by atoms with E-state index in [1.165, 1.54) is 49.2 Å². The monoisotopic (exact) mass is 351 g/mol. The molecule has 1 aromatic carbocycles. The second-order valence-electron chi connectivity index (χ2n) is 6.30. The van der Waals surface area contributed by atoms with Gasteiger partial charge in [-0.2, -0.15) is 0 Å². The van der Waals surface area contributed by atoms with Crippen LogP contribution in [-0.2, 0) is 6.42 Å². The maximum atomic E-state index is 3.81. The summed E-state index contributed by atoms with van der Waals surface area (Å²) in [7, 11) is 0. The van der Waals surface area contributed by atoms with Crippen LogP contribution in [0.1, 0.15) is 18.9 Å². The fraction of sp³-hybridized carbons (Fsp3) is 0.647. The molecule has 0 amide bonds. The average molecular weight is 352 g/mol. The molecule has 1 aromatic rings. The first kappa shape index (κ1) is 15.5. The minimum absolute atomic E-state index is 0.558. The molecular weight excluding hydrogens is 326 g/mol. The van der Waals surface area contributed by atoms with Crippen molar-refractivity contribution in [2.45, 2.75) is 31.8 Å². The molecule has 0 radical (unpaired) electrons. The molecule has 3 nitrogen and oxygen atoms in total. The van der Waals surface area contributed by atoms with Gasteiger partial charge in [0.15, 0.2) is 0 Å². The summed E-state index contributed by atoms with van der Waals surface area (Å²) in [6.07, 6.45) is 2.32. The molecule has 3 saturated heterocycles. The summed E-state index contributed by atoms with van der Waals surface area (Å²) in [5.74, 6) is 0. The SMILES string of the molecule is CCCNC(Cc1cccc(Br)c1)C1CN2CCN1CC2. The number of rotatable bonds is 6. The van der Waals surface area contributed by atoms with Crippen molar-refractivity contribution in [3.63, 3.8) is 0 Å². The number of piperazine rings is 3. The molecular formula is C17H26BrN3. The molecule has 2 atom stereocenters. The van der Waals surface area contributed by atoms with E-state index in [-0.39, 0.29) is 0 Å². The first-order valence-electron chi connectivity index (χ1n) is 8.20. The number of benzene rings is 1. The standard InChI is InChI=1S/C17H26BrN3/c1-2-6-19-16(12-14-4-3-5-15(18)11-14)17-13-20-7-9-21(17)10-8-20/h3-5,11,16-17,19H,2,6-10,12-13H2,1H3. The number of fused-ring (bicyclic) bond motifs is 3. The highest BCUT2D eigenvalue weighted by molar-refractivity contribution is 9.10. The summed E-state index contributed by atoms with van der Waals surface area (Å²) < 4.78 is 1.18. The minimum atomic E-state index is 0.558. The number of nitrogens with zero attached hydrogens (tertiary/aromatic N) is 2. The van der Waals surface area contributed by atoms with E-state index in [1.807, 2.05) is 0 Å². The van der Waals surface area contributed by atoms with Crippen LogP contribution in [0.5, 0.6) is 0 Å². The Bertz CT molecular complexity index is 457. The first-order chi connectivity index (χ1) is 10.3. The van der Waals surface area contributed by atoms with E-state index in [0.717, 1.165) is 13.0 Å². The van der Waals surface area contributed by atoms with Gasteiger partial charge >= 0.3 is 0 Å². The van der Waals surface area contributed by atoms with Crippen LogP contribution in [0.25, 0.3) is 0 Å². The quantitative estimate of drug-likeness (QED) is 0.848. The molecule has 21 heavy (non-hydrogen) atoms. The van der Waals surface area contributed by atoms with Gasteiger partial charge in [0.25, 0.3) is 0 Å². The number of hydrogen-bond donors (Lipinski definition) is 1. The highest BCUT2D eigenvalue weighted by Gasteiger charge is 2.36. The van der Waals surface area contributed by atoms with Crippen LogP contribution in [0.4, 0.5) is 0 Å². The van der Waals surface area contributed by atoms with Crippen molar-refractivity contribution < 1.29 is 0 Å². The highest BCUT2D eigenvalue weighted by Crippen LogP contribution is 2.21. The van der Waals surface area contributed by atoms with Crippen LogP contribution in [0.15, 0.2) is 28.7 Å². The van der Waals surface area contributed by atoms with Gasteiger partial charge < -0.3 is 5.32 Å². The molecule has 3 aliphatic heterocycles. The minimum Gasteiger partial charge on any atom is -0.312 e. The molecule has 0 aliphatic carbocycles. The van der Waals surface area contributed by atoms with E-state index in [0.29, 0.717) is 12.1 Å². The summed E-state index contributed by atoms with van der Waals surface area (Å²) in [5.41, 5.74) is 1.43. The second kappa shape index (κ2) is 7.23.